The standard InChI is InChI=1S/2C24H17.C2H6Si.2ClH.Zr/c2*1-16-11-20-7-4-8-23(24(20)12-16)21-10-9-19-13-17-5-2-3-6-18(17)14-22(19)15-21;1-3-2;;;/h2*2-15H,1H3;1-2H3;2*1H;/q2*-1;;;;+2/p-2. The fraction of sp³-hybridized carbons (Fsp3) is 0.0800. The van der Waals surface area contributed by atoms with Gasteiger partial charge in [-0.3, -0.25) is 0 Å². The Morgan fingerprint density at radius 2 is 0.759 bits per heavy atom. The van der Waals surface area contributed by atoms with E-state index in [4.69, 9.17) is 17.0 Å². The molecule has 0 N–H and O–H groups in total. The molecule has 10 aromatic rings. The molecule has 0 aliphatic heterocycles. The Kier molecular flexibility index (Phi) is 10.7. The van der Waals surface area contributed by atoms with Crippen LogP contribution in [0.15, 0.2) is 170 Å². The summed E-state index contributed by atoms with van der Waals surface area (Å²) in [6, 6.07) is 62.1. The zero-order valence-corrected chi connectivity index (χ0v) is 35.9. The minimum atomic E-state index is -1.65. The molecule has 4 heteroatoms. The van der Waals surface area contributed by atoms with Gasteiger partial charge < -0.3 is 0 Å². The maximum absolute atomic E-state index is 5.62. The third-order valence-electron chi connectivity index (χ3n) is 10.2. The van der Waals surface area contributed by atoms with Crippen LogP contribution in [0.3, 0.4) is 0 Å². The molecule has 0 saturated carbocycles. The fourth-order valence-corrected chi connectivity index (χ4v) is 7.49. The number of aryl methyl sites for hydroxylation is 2. The van der Waals surface area contributed by atoms with Crippen molar-refractivity contribution >= 4 is 87.1 Å². The first-order valence-electron chi connectivity index (χ1n) is 18.4. The maximum Gasteiger partial charge on any atom is -0.0172 e. The van der Waals surface area contributed by atoms with Crippen LogP contribution in [-0.4, -0.2) is 5.43 Å². The van der Waals surface area contributed by atoms with Gasteiger partial charge in [0.25, 0.3) is 0 Å². The van der Waals surface area contributed by atoms with Crippen LogP contribution in [0, 0.1) is 13.8 Å². The van der Waals surface area contributed by atoms with Crippen molar-refractivity contribution < 1.29 is 18.0 Å². The van der Waals surface area contributed by atoms with E-state index in [1.807, 2.05) is 0 Å². The Balaban J connectivity index is 0.000000134. The minimum Gasteiger partial charge on any atom is -0.165 e. The summed E-state index contributed by atoms with van der Waals surface area (Å²) >= 11 is -1.65. The Morgan fingerprint density at radius 1 is 0.407 bits per heavy atom. The second kappa shape index (κ2) is 15.8. The molecule has 0 aromatic heterocycles. The van der Waals surface area contributed by atoms with Gasteiger partial charge in [0.15, 0.2) is 0 Å². The van der Waals surface area contributed by atoms with Crippen molar-refractivity contribution in [2.75, 3.05) is 0 Å². The van der Waals surface area contributed by atoms with Crippen LogP contribution < -0.4 is 0 Å². The number of benzene rings is 8. The summed E-state index contributed by atoms with van der Waals surface area (Å²) < 4.78 is 0. The number of fused-ring (bicyclic) bond motifs is 6. The maximum atomic E-state index is 5.62. The second-order valence-electron chi connectivity index (χ2n) is 14.5. The monoisotopic (exact) mass is 828 g/mol. The molecular weight excluding hydrogens is 791 g/mol. The van der Waals surface area contributed by atoms with E-state index in [1.165, 1.54) is 98.0 Å². The average molecular weight is 831 g/mol. The summed E-state index contributed by atoms with van der Waals surface area (Å²) in [5, 5.41) is 15.7. The Bertz CT molecular complexity index is 2810. The molecule has 0 heterocycles. The van der Waals surface area contributed by atoms with Crippen LogP contribution in [-0.2, 0) is 18.0 Å². The van der Waals surface area contributed by atoms with Gasteiger partial charge in [-0.15, -0.1) is 69.1 Å². The molecule has 0 bridgehead atoms. The van der Waals surface area contributed by atoms with Crippen LogP contribution in [0.25, 0.3) is 86.9 Å². The summed E-state index contributed by atoms with van der Waals surface area (Å²) in [6.07, 6.45) is 0. The van der Waals surface area contributed by atoms with E-state index in [9.17, 15) is 0 Å². The fourth-order valence-electron chi connectivity index (χ4n) is 7.49. The SMILES string of the molecule is C[Si](C)=[Zr]([Cl])[Cl].Cc1cc2c(-c3ccc4cc5ccccc5cc4c3)cccc2[cH-]1.Cc1cc2c(-c3ccc4cc5ccccc5cc4c3)cccc2[cH-]1. The van der Waals surface area contributed by atoms with Gasteiger partial charge in [0.05, 0.1) is 0 Å². The van der Waals surface area contributed by atoms with E-state index < -0.39 is 18.0 Å². The first-order chi connectivity index (χ1) is 26.2. The topological polar surface area (TPSA) is 0 Å². The zero-order chi connectivity index (χ0) is 37.3. The number of hydrogen-bond acceptors (Lipinski definition) is 0. The number of halogens is 2. The van der Waals surface area contributed by atoms with E-state index in [-0.39, 0.29) is 5.43 Å². The predicted octanol–water partition coefficient (Wildman–Crippen LogP) is 15.8. The van der Waals surface area contributed by atoms with E-state index in [0.29, 0.717) is 0 Å². The van der Waals surface area contributed by atoms with Crippen molar-refractivity contribution in [1.29, 1.82) is 0 Å². The molecule has 10 aromatic carbocycles. The minimum absolute atomic E-state index is 0.224. The molecule has 54 heavy (non-hydrogen) atoms. The van der Waals surface area contributed by atoms with Crippen molar-refractivity contribution in [2.24, 2.45) is 0 Å². The molecule has 0 radical (unpaired) electrons. The molecule has 0 spiro atoms. The van der Waals surface area contributed by atoms with Crippen LogP contribution in [0.5, 0.6) is 0 Å². The third kappa shape index (κ3) is 7.77. The largest absolute Gasteiger partial charge is 0.165 e. The molecule has 0 aliphatic rings. The van der Waals surface area contributed by atoms with Gasteiger partial charge in [0.1, 0.15) is 0 Å². The van der Waals surface area contributed by atoms with Crippen LogP contribution in [0.2, 0.25) is 13.1 Å². The molecule has 0 unspecified atom stereocenters. The van der Waals surface area contributed by atoms with E-state index in [1.54, 1.807) is 0 Å². The van der Waals surface area contributed by atoms with Crippen molar-refractivity contribution in [2.45, 2.75) is 26.9 Å². The zero-order valence-electron chi connectivity index (χ0n) is 30.9. The summed E-state index contributed by atoms with van der Waals surface area (Å²) in [6.45, 7) is 8.66. The first-order valence-corrected chi connectivity index (χ1v) is 30.9. The molecule has 10 rings (SSSR count). The summed E-state index contributed by atoms with van der Waals surface area (Å²) in [5.74, 6) is 0. The number of rotatable bonds is 2. The molecule has 0 fully saturated rings. The van der Waals surface area contributed by atoms with Crippen LogP contribution >= 0.6 is 17.0 Å². The van der Waals surface area contributed by atoms with Gasteiger partial charge in [-0.2, -0.15) is 12.1 Å². The molecular formula is C50H40Cl2SiZr-2. The second-order valence-corrected chi connectivity index (χ2v) is 37.4. The van der Waals surface area contributed by atoms with Gasteiger partial charge >= 0.3 is 53.5 Å². The molecule has 264 valence electrons. The van der Waals surface area contributed by atoms with E-state index in [2.05, 4.69) is 197 Å². The van der Waals surface area contributed by atoms with Crippen LogP contribution in [0.4, 0.5) is 0 Å². The summed E-state index contributed by atoms with van der Waals surface area (Å²) in [7, 11) is 11.2. The Hall–Kier alpha value is -4.30. The van der Waals surface area contributed by atoms with Crippen molar-refractivity contribution in [3.63, 3.8) is 0 Å². The molecule has 0 saturated heterocycles. The third-order valence-corrected chi connectivity index (χ3v) is 29.9. The van der Waals surface area contributed by atoms with Gasteiger partial charge in [0.2, 0.25) is 0 Å². The smallest absolute Gasteiger partial charge is 0.0172 e. The first kappa shape index (κ1) is 36.7. The van der Waals surface area contributed by atoms with Gasteiger partial charge in [0, 0.05) is 0 Å². The molecule has 0 atom stereocenters. The predicted molar refractivity (Wildman–Crippen MR) is 239 cm³/mol. The quantitative estimate of drug-likeness (QED) is 0.0925. The van der Waals surface area contributed by atoms with E-state index in [0.717, 1.165) is 0 Å². The van der Waals surface area contributed by atoms with E-state index >= 15 is 0 Å². The van der Waals surface area contributed by atoms with Gasteiger partial charge in [-0.05, 0) is 90.6 Å². The van der Waals surface area contributed by atoms with Crippen LogP contribution in [0.1, 0.15) is 11.1 Å². The van der Waals surface area contributed by atoms with Gasteiger partial charge in [-0.1, -0.05) is 110 Å². The molecule has 0 aliphatic carbocycles. The number of hydrogen-bond donors (Lipinski definition) is 0. The average Bonchev–Trinajstić information content (AvgIpc) is 3.77. The van der Waals surface area contributed by atoms with Crippen molar-refractivity contribution in [1.82, 2.24) is 0 Å². The Labute approximate surface area is 332 Å². The molecule has 0 amide bonds. The Morgan fingerprint density at radius 3 is 1.13 bits per heavy atom. The normalized spacial score (nSPS) is 11.1. The van der Waals surface area contributed by atoms with Crippen molar-refractivity contribution in [3.8, 4) is 22.3 Å². The summed E-state index contributed by atoms with van der Waals surface area (Å²) in [4.78, 5) is 0. The molecule has 0 nitrogen and oxygen atoms in total. The van der Waals surface area contributed by atoms with Crippen molar-refractivity contribution in [3.05, 3.63) is 181 Å². The van der Waals surface area contributed by atoms with Gasteiger partial charge in [-0.25, -0.2) is 0 Å². The summed E-state index contributed by atoms with van der Waals surface area (Å²) in [5.41, 5.74) is 7.63.